The quantitative estimate of drug-likeness (QED) is 0.716. The molecule has 8 heteroatoms. The number of aromatic nitrogens is 2. The molecule has 4 rings (SSSR count). The van der Waals surface area contributed by atoms with E-state index in [9.17, 15) is 14.4 Å². The Morgan fingerprint density at radius 1 is 1.10 bits per heavy atom. The summed E-state index contributed by atoms with van der Waals surface area (Å²) in [6, 6.07) is 9.21. The molecular formula is C21H25N3O5. The summed E-state index contributed by atoms with van der Waals surface area (Å²) in [6.45, 7) is 0.0232. The van der Waals surface area contributed by atoms with Crippen LogP contribution in [0.4, 0.5) is 0 Å². The molecule has 1 aliphatic heterocycles. The van der Waals surface area contributed by atoms with Crippen LogP contribution in [0.3, 0.4) is 0 Å². The van der Waals surface area contributed by atoms with Crippen molar-refractivity contribution in [1.82, 2.24) is 14.7 Å². The number of esters is 1. The zero-order valence-electron chi connectivity index (χ0n) is 16.3. The number of carbonyl (C=O) groups excluding carboxylic acids is 2. The summed E-state index contributed by atoms with van der Waals surface area (Å²) < 4.78 is 11.1. The van der Waals surface area contributed by atoms with Crippen molar-refractivity contribution < 1.29 is 18.7 Å². The lowest BCUT2D eigenvalue weighted by molar-refractivity contribution is -0.155. The molecule has 2 fully saturated rings. The van der Waals surface area contributed by atoms with Gasteiger partial charge in [0.1, 0.15) is 6.54 Å². The summed E-state index contributed by atoms with van der Waals surface area (Å²) in [6.07, 6.45) is 6.75. The molecule has 1 aromatic heterocycles. The summed E-state index contributed by atoms with van der Waals surface area (Å²) in [5.74, 6) is -0.885. The molecule has 0 spiro atoms. The van der Waals surface area contributed by atoms with E-state index < -0.39 is 18.3 Å². The third-order valence-corrected chi connectivity index (χ3v) is 5.83. The van der Waals surface area contributed by atoms with Gasteiger partial charge in [-0.25, -0.2) is 4.79 Å². The van der Waals surface area contributed by atoms with Crippen molar-refractivity contribution in [3.05, 3.63) is 40.9 Å². The Bertz CT molecular complexity index is 918. The molecule has 1 aromatic carbocycles. The van der Waals surface area contributed by atoms with Crippen LogP contribution in [0.1, 0.15) is 38.5 Å². The predicted octanol–water partition coefficient (Wildman–Crippen LogP) is 2.23. The number of fused-ring (bicyclic) bond motifs is 1. The van der Waals surface area contributed by atoms with Crippen molar-refractivity contribution in [2.75, 3.05) is 13.2 Å². The smallest absolute Gasteiger partial charge is 0.437 e. The molecule has 0 N–H and O–H groups in total. The summed E-state index contributed by atoms with van der Waals surface area (Å²) in [5, 5.41) is 4.03. The van der Waals surface area contributed by atoms with Crippen LogP contribution in [0, 0.1) is 5.92 Å². The first kappa shape index (κ1) is 19.4. The minimum atomic E-state index is -0.742. The molecule has 29 heavy (non-hydrogen) atoms. The lowest BCUT2D eigenvalue weighted by atomic mass is 9.78. The molecule has 2 heterocycles. The number of nitrogens with zero attached hydrogens (tertiary/aromatic N) is 3. The zero-order valence-corrected chi connectivity index (χ0v) is 16.3. The van der Waals surface area contributed by atoms with Gasteiger partial charge in [-0.2, -0.15) is 4.68 Å². The van der Waals surface area contributed by atoms with Crippen LogP contribution >= 0.6 is 0 Å². The Kier molecular flexibility index (Phi) is 5.78. The van der Waals surface area contributed by atoms with E-state index in [-0.39, 0.29) is 24.4 Å². The van der Waals surface area contributed by atoms with Crippen LogP contribution in [0.25, 0.3) is 11.5 Å². The van der Waals surface area contributed by atoms with E-state index in [2.05, 4.69) is 5.10 Å². The van der Waals surface area contributed by atoms with Crippen LogP contribution in [0.2, 0.25) is 0 Å². The molecular weight excluding hydrogens is 374 g/mol. The number of hydrogen-bond acceptors (Lipinski definition) is 6. The maximum absolute atomic E-state index is 12.6. The normalized spacial score (nSPS) is 21.4. The minimum absolute atomic E-state index is 0.135. The van der Waals surface area contributed by atoms with Crippen LogP contribution in [0.5, 0.6) is 0 Å². The van der Waals surface area contributed by atoms with Gasteiger partial charge in [0.25, 0.3) is 5.91 Å². The topological polar surface area (TPSA) is 94.6 Å². The van der Waals surface area contributed by atoms with Crippen molar-refractivity contribution in [2.24, 2.45) is 5.92 Å². The second-order valence-electron chi connectivity index (χ2n) is 7.70. The highest BCUT2D eigenvalue weighted by Gasteiger charge is 2.35. The highest BCUT2D eigenvalue weighted by atomic mass is 16.5. The van der Waals surface area contributed by atoms with Gasteiger partial charge in [0.05, 0.1) is 0 Å². The average Bonchev–Trinajstić information content (AvgIpc) is 3.12. The van der Waals surface area contributed by atoms with Crippen LogP contribution < -0.4 is 5.76 Å². The fraction of sp³-hybridized carbons (Fsp3) is 0.524. The predicted molar refractivity (Wildman–Crippen MR) is 104 cm³/mol. The molecule has 2 aliphatic rings. The summed E-state index contributed by atoms with van der Waals surface area (Å²) in [7, 11) is 0. The zero-order chi connectivity index (χ0) is 20.2. The molecule has 154 valence electrons. The molecule has 0 radical (unpaired) electrons. The maximum Gasteiger partial charge on any atom is 0.437 e. The van der Waals surface area contributed by atoms with Crippen LogP contribution in [-0.2, 0) is 20.9 Å². The van der Waals surface area contributed by atoms with E-state index in [4.69, 9.17) is 9.15 Å². The van der Waals surface area contributed by atoms with E-state index in [0.29, 0.717) is 11.5 Å². The Labute approximate surface area is 168 Å². The Hall–Kier alpha value is -2.90. The third-order valence-electron chi connectivity index (χ3n) is 5.83. The van der Waals surface area contributed by atoms with Gasteiger partial charge in [0, 0.05) is 18.2 Å². The largest absolute Gasteiger partial charge is 0.454 e. The van der Waals surface area contributed by atoms with Crippen molar-refractivity contribution in [3.8, 4) is 11.5 Å². The Morgan fingerprint density at radius 3 is 2.69 bits per heavy atom. The average molecular weight is 399 g/mol. The first-order chi connectivity index (χ1) is 14.1. The third kappa shape index (κ3) is 4.41. The maximum atomic E-state index is 12.6. The van der Waals surface area contributed by atoms with E-state index in [1.54, 1.807) is 24.3 Å². The SMILES string of the molecule is O=C(Cn1nc(-c2ccccc2)oc1=O)OCC(=O)N1CCC[C@@H]2CCCC[C@@H]21. The molecule has 2 aromatic rings. The number of benzene rings is 1. The summed E-state index contributed by atoms with van der Waals surface area (Å²) in [5.41, 5.74) is 0.638. The first-order valence-electron chi connectivity index (χ1n) is 10.2. The fourth-order valence-corrected chi connectivity index (χ4v) is 4.43. The van der Waals surface area contributed by atoms with Crippen molar-refractivity contribution in [2.45, 2.75) is 51.1 Å². The lowest BCUT2D eigenvalue weighted by Gasteiger charge is -2.44. The molecule has 0 unspecified atom stereocenters. The van der Waals surface area contributed by atoms with Crippen molar-refractivity contribution in [3.63, 3.8) is 0 Å². The van der Waals surface area contributed by atoms with Crippen LogP contribution in [-0.4, -0.2) is 45.8 Å². The molecule has 1 amide bonds. The van der Waals surface area contributed by atoms with Gasteiger partial charge in [-0.1, -0.05) is 31.0 Å². The highest BCUT2D eigenvalue weighted by Crippen LogP contribution is 2.35. The molecule has 8 nitrogen and oxygen atoms in total. The van der Waals surface area contributed by atoms with Gasteiger partial charge in [0.15, 0.2) is 6.61 Å². The molecule has 0 bridgehead atoms. The number of likely N-dealkylation sites (tertiary alicyclic amines) is 1. The number of ether oxygens (including phenoxy) is 1. The number of hydrogen-bond donors (Lipinski definition) is 0. The molecule has 1 aliphatic carbocycles. The number of rotatable bonds is 5. The number of amides is 1. The fourth-order valence-electron chi connectivity index (χ4n) is 4.43. The highest BCUT2D eigenvalue weighted by molar-refractivity contribution is 5.81. The van der Waals surface area contributed by atoms with E-state index >= 15 is 0 Å². The van der Waals surface area contributed by atoms with E-state index in [0.717, 1.165) is 30.5 Å². The summed E-state index contributed by atoms with van der Waals surface area (Å²) in [4.78, 5) is 38.6. The Morgan fingerprint density at radius 2 is 1.86 bits per heavy atom. The van der Waals surface area contributed by atoms with Gasteiger partial charge in [0.2, 0.25) is 5.89 Å². The van der Waals surface area contributed by atoms with E-state index in [1.807, 2.05) is 11.0 Å². The van der Waals surface area contributed by atoms with Crippen LogP contribution in [0.15, 0.2) is 39.5 Å². The van der Waals surface area contributed by atoms with Gasteiger partial charge in [-0.05, 0) is 43.7 Å². The number of carbonyl (C=O) groups is 2. The van der Waals surface area contributed by atoms with Crippen molar-refractivity contribution in [1.29, 1.82) is 0 Å². The lowest BCUT2D eigenvalue weighted by Crippen LogP contribution is -2.51. The monoisotopic (exact) mass is 399 g/mol. The van der Waals surface area contributed by atoms with E-state index in [1.165, 1.54) is 19.3 Å². The van der Waals surface area contributed by atoms with Gasteiger partial charge < -0.3 is 14.1 Å². The van der Waals surface area contributed by atoms with Gasteiger partial charge in [-0.3, -0.25) is 9.59 Å². The molecule has 2 atom stereocenters. The van der Waals surface area contributed by atoms with Crippen molar-refractivity contribution >= 4 is 11.9 Å². The van der Waals surface area contributed by atoms with Gasteiger partial charge >= 0.3 is 11.7 Å². The molecule has 1 saturated carbocycles. The van der Waals surface area contributed by atoms with Gasteiger partial charge in [-0.15, -0.1) is 5.10 Å². The minimum Gasteiger partial charge on any atom is -0.454 e. The molecule has 1 saturated heterocycles. The Balaban J connectivity index is 1.33. The first-order valence-corrected chi connectivity index (χ1v) is 10.2. The second kappa shape index (κ2) is 8.63. The summed E-state index contributed by atoms with van der Waals surface area (Å²) >= 11 is 0. The second-order valence-corrected chi connectivity index (χ2v) is 7.70. The standard InChI is InChI=1S/C21H25N3O5/c25-18(23-12-6-10-15-7-4-5-11-17(15)23)14-28-19(26)13-24-21(27)29-20(22-24)16-8-2-1-3-9-16/h1-3,8-9,15,17H,4-7,10-14H2/t15-,17-/m0/s1. The number of piperidine rings is 1.